The van der Waals surface area contributed by atoms with Crippen molar-refractivity contribution in [1.29, 1.82) is 0 Å². The fourth-order valence-electron chi connectivity index (χ4n) is 3.09. The van der Waals surface area contributed by atoms with Crippen LogP contribution in [0.2, 0.25) is 0 Å². The molecular formula is C20H27N5O5. The zero-order valence-electron chi connectivity index (χ0n) is 17.5. The highest BCUT2D eigenvalue weighted by Gasteiger charge is 2.21. The second-order valence-corrected chi connectivity index (χ2v) is 7.43. The van der Waals surface area contributed by atoms with E-state index in [1.807, 2.05) is 31.2 Å². The van der Waals surface area contributed by atoms with Gasteiger partial charge in [-0.2, -0.15) is 4.98 Å². The number of fused-ring (bicyclic) bond motifs is 1. The number of aromatic nitrogens is 4. The highest BCUT2D eigenvalue weighted by atomic mass is 16.5. The predicted octanol–water partition coefficient (Wildman–Crippen LogP) is -0.0253. The molecule has 2 atom stereocenters. The number of imidazole rings is 1. The first kappa shape index (κ1) is 21.6. The number of hydrogen-bond acceptors (Lipinski definition) is 7. The summed E-state index contributed by atoms with van der Waals surface area (Å²) in [6.45, 7) is 3.79. The van der Waals surface area contributed by atoms with Crippen molar-refractivity contribution in [3.63, 3.8) is 0 Å². The summed E-state index contributed by atoms with van der Waals surface area (Å²) in [6.07, 6.45) is -1.60. The van der Waals surface area contributed by atoms with Crippen molar-refractivity contribution >= 4 is 17.1 Å². The summed E-state index contributed by atoms with van der Waals surface area (Å²) in [4.78, 5) is 29.4. The summed E-state index contributed by atoms with van der Waals surface area (Å²) in [5.74, 6) is 0.902. The Morgan fingerprint density at radius 1 is 1.13 bits per heavy atom. The number of aliphatic hydroxyl groups is 2. The Morgan fingerprint density at radius 3 is 2.43 bits per heavy atom. The Hall–Kier alpha value is -3.11. The smallest absolute Gasteiger partial charge is 0.332 e. The minimum Gasteiger partial charge on any atom is -0.491 e. The lowest BCUT2D eigenvalue weighted by Crippen LogP contribution is -2.38. The fraction of sp³-hybridized carbons (Fsp3) is 0.450. The van der Waals surface area contributed by atoms with Gasteiger partial charge in [-0.05, 0) is 26.0 Å². The van der Waals surface area contributed by atoms with E-state index in [1.54, 1.807) is 6.92 Å². The first-order chi connectivity index (χ1) is 14.2. The molecule has 0 spiro atoms. The minimum absolute atomic E-state index is 0.00462. The van der Waals surface area contributed by atoms with Crippen LogP contribution in [-0.2, 0) is 20.6 Å². The van der Waals surface area contributed by atoms with Crippen LogP contribution in [0.4, 0.5) is 5.95 Å². The van der Waals surface area contributed by atoms with Crippen molar-refractivity contribution in [3.8, 4) is 5.75 Å². The normalized spacial score (nSPS) is 13.4. The molecule has 3 aromatic rings. The van der Waals surface area contributed by atoms with Gasteiger partial charge in [-0.1, -0.05) is 17.7 Å². The number of aliphatic hydroxyl groups excluding tert-OH is 2. The van der Waals surface area contributed by atoms with Crippen LogP contribution < -0.4 is 21.3 Å². The Balaban J connectivity index is 1.93. The third-order valence-electron chi connectivity index (χ3n) is 4.76. The summed E-state index contributed by atoms with van der Waals surface area (Å²) >= 11 is 0. The van der Waals surface area contributed by atoms with Gasteiger partial charge in [0.1, 0.15) is 18.5 Å². The number of ether oxygens (including phenoxy) is 1. The third kappa shape index (κ3) is 4.39. The van der Waals surface area contributed by atoms with Crippen LogP contribution in [0.1, 0.15) is 12.5 Å². The average Bonchev–Trinajstić information content (AvgIpc) is 3.07. The lowest BCUT2D eigenvalue weighted by atomic mass is 10.2. The van der Waals surface area contributed by atoms with Gasteiger partial charge in [-0.15, -0.1) is 0 Å². The van der Waals surface area contributed by atoms with Gasteiger partial charge in [0, 0.05) is 20.6 Å². The van der Waals surface area contributed by atoms with Crippen molar-refractivity contribution in [2.75, 3.05) is 18.5 Å². The number of nitrogens with one attached hydrogen (secondary N) is 1. The first-order valence-electron chi connectivity index (χ1n) is 9.64. The van der Waals surface area contributed by atoms with Crippen LogP contribution in [0.3, 0.4) is 0 Å². The lowest BCUT2D eigenvalue weighted by molar-refractivity contribution is 0.0937. The maximum atomic E-state index is 12.8. The molecule has 0 saturated carbocycles. The average molecular weight is 417 g/mol. The van der Waals surface area contributed by atoms with Crippen molar-refractivity contribution in [2.45, 2.75) is 32.6 Å². The van der Waals surface area contributed by atoms with Crippen LogP contribution in [0.5, 0.6) is 5.75 Å². The Morgan fingerprint density at radius 2 is 1.80 bits per heavy atom. The van der Waals surface area contributed by atoms with Gasteiger partial charge in [0.25, 0.3) is 5.56 Å². The standard InChI is InChI=1S/C20H27N5O5/c1-12-5-7-15(8-6-12)30-11-14(27)10-25-16-17(22-19(25)21-9-13(2)26)23(3)20(29)24(4)18(16)28/h5-8,13-14,26-27H,9-11H2,1-4H3,(H,21,22). The van der Waals surface area contributed by atoms with E-state index < -0.39 is 23.5 Å². The van der Waals surface area contributed by atoms with Gasteiger partial charge in [0.05, 0.1) is 12.6 Å². The van der Waals surface area contributed by atoms with E-state index in [2.05, 4.69) is 10.3 Å². The molecule has 2 unspecified atom stereocenters. The lowest BCUT2D eigenvalue weighted by Gasteiger charge is -2.16. The Kier molecular flexibility index (Phi) is 6.28. The molecule has 0 fully saturated rings. The number of benzene rings is 1. The molecule has 0 amide bonds. The van der Waals surface area contributed by atoms with Crippen LogP contribution in [0, 0.1) is 6.92 Å². The maximum absolute atomic E-state index is 12.8. The van der Waals surface area contributed by atoms with Gasteiger partial charge in [-0.3, -0.25) is 13.9 Å². The molecule has 1 aromatic carbocycles. The highest BCUT2D eigenvalue weighted by Crippen LogP contribution is 2.17. The number of rotatable bonds is 8. The highest BCUT2D eigenvalue weighted by molar-refractivity contribution is 5.74. The fourth-order valence-corrected chi connectivity index (χ4v) is 3.09. The second-order valence-electron chi connectivity index (χ2n) is 7.43. The molecule has 0 bridgehead atoms. The first-order valence-corrected chi connectivity index (χ1v) is 9.64. The molecule has 3 rings (SSSR count). The Labute approximate surface area is 173 Å². The molecule has 0 radical (unpaired) electrons. The summed E-state index contributed by atoms with van der Waals surface area (Å²) in [6, 6.07) is 7.45. The SMILES string of the molecule is Cc1ccc(OCC(O)Cn2c(NCC(C)O)nc3c2c(=O)n(C)c(=O)n3C)cc1. The topological polar surface area (TPSA) is 124 Å². The molecule has 0 aliphatic rings. The van der Waals surface area contributed by atoms with Gasteiger partial charge >= 0.3 is 5.69 Å². The van der Waals surface area contributed by atoms with Crippen LogP contribution in [0.25, 0.3) is 11.2 Å². The van der Waals surface area contributed by atoms with E-state index in [4.69, 9.17) is 4.74 Å². The zero-order chi connectivity index (χ0) is 22.0. The van der Waals surface area contributed by atoms with Crippen LogP contribution in [-0.4, -0.2) is 54.3 Å². The molecule has 10 nitrogen and oxygen atoms in total. The van der Waals surface area contributed by atoms with Crippen molar-refractivity contribution in [2.24, 2.45) is 14.1 Å². The van der Waals surface area contributed by atoms with Gasteiger partial charge in [0.15, 0.2) is 11.2 Å². The van der Waals surface area contributed by atoms with Crippen molar-refractivity contribution in [3.05, 3.63) is 50.7 Å². The van der Waals surface area contributed by atoms with Crippen molar-refractivity contribution < 1.29 is 14.9 Å². The number of hydrogen-bond donors (Lipinski definition) is 3. The van der Waals surface area contributed by atoms with Crippen LogP contribution in [0.15, 0.2) is 33.9 Å². The summed E-state index contributed by atoms with van der Waals surface area (Å²) in [5.41, 5.74) is 0.466. The molecule has 3 N–H and O–H groups in total. The summed E-state index contributed by atoms with van der Waals surface area (Å²) < 4.78 is 9.42. The Bertz CT molecular complexity index is 1140. The van der Waals surface area contributed by atoms with E-state index in [-0.39, 0.29) is 36.8 Å². The zero-order valence-corrected chi connectivity index (χ0v) is 17.5. The predicted molar refractivity (Wildman–Crippen MR) is 113 cm³/mol. The molecule has 10 heteroatoms. The van der Waals surface area contributed by atoms with E-state index in [1.165, 1.54) is 23.2 Å². The molecule has 0 saturated heterocycles. The quantitative estimate of drug-likeness (QED) is 0.470. The maximum Gasteiger partial charge on any atom is 0.332 e. The van der Waals surface area contributed by atoms with Gasteiger partial charge in [0.2, 0.25) is 5.95 Å². The third-order valence-corrected chi connectivity index (χ3v) is 4.76. The van der Waals surface area contributed by atoms with Crippen LogP contribution >= 0.6 is 0 Å². The van der Waals surface area contributed by atoms with Crippen molar-refractivity contribution in [1.82, 2.24) is 18.7 Å². The second kappa shape index (κ2) is 8.72. The molecule has 0 aliphatic carbocycles. The monoisotopic (exact) mass is 417 g/mol. The number of aryl methyl sites for hydroxylation is 2. The summed E-state index contributed by atoms with van der Waals surface area (Å²) in [7, 11) is 2.91. The van der Waals surface area contributed by atoms with E-state index in [9.17, 15) is 19.8 Å². The van der Waals surface area contributed by atoms with E-state index in [0.29, 0.717) is 5.75 Å². The molecule has 2 heterocycles. The molecule has 162 valence electrons. The van der Waals surface area contributed by atoms with E-state index in [0.717, 1.165) is 10.1 Å². The van der Waals surface area contributed by atoms with E-state index >= 15 is 0 Å². The molecule has 0 aliphatic heterocycles. The summed E-state index contributed by atoms with van der Waals surface area (Å²) in [5, 5.41) is 23.1. The van der Waals surface area contributed by atoms with Gasteiger partial charge < -0.3 is 24.8 Å². The van der Waals surface area contributed by atoms with Gasteiger partial charge in [-0.25, -0.2) is 4.79 Å². The number of anilines is 1. The number of nitrogens with zero attached hydrogens (tertiary/aromatic N) is 4. The largest absolute Gasteiger partial charge is 0.491 e. The molecule has 2 aromatic heterocycles. The molecular weight excluding hydrogens is 390 g/mol. The minimum atomic E-state index is -0.947. The molecule has 30 heavy (non-hydrogen) atoms.